The van der Waals surface area contributed by atoms with Crippen LogP contribution < -0.4 is 10.1 Å². The minimum absolute atomic E-state index is 0.237. The smallest absolute Gasteiger partial charge is 0.251 e. The first-order chi connectivity index (χ1) is 10.1. The highest BCUT2D eigenvalue weighted by Crippen LogP contribution is 2.18. The Kier molecular flexibility index (Phi) is 4.93. The second kappa shape index (κ2) is 6.88. The lowest BCUT2D eigenvalue weighted by Gasteiger charge is -2.10. The second-order valence-electron chi connectivity index (χ2n) is 4.88. The number of aryl methyl sites for hydroxylation is 2. The Bertz CT molecular complexity index is 623. The maximum absolute atomic E-state index is 12.8. The van der Waals surface area contributed by atoms with Gasteiger partial charge in [0, 0.05) is 5.56 Å². The van der Waals surface area contributed by atoms with Crippen molar-refractivity contribution in [2.24, 2.45) is 0 Å². The van der Waals surface area contributed by atoms with E-state index in [9.17, 15) is 9.18 Å². The summed E-state index contributed by atoms with van der Waals surface area (Å²) >= 11 is 0. The molecule has 0 heterocycles. The fourth-order valence-electron chi connectivity index (χ4n) is 1.99. The van der Waals surface area contributed by atoms with Gasteiger partial charge in [0.2, 0.25) is 0 Å². The maximum atomic E-state index is 12.8. The number of hydrogen-bond acceptors (Lipinski definition) is 2. The number of carbonyl (C=O) groups excluding carboxylic acids is 1. The van der Waals surface area contributed by atoms with Crippen molar-refractivity contribution in [2.75, 3.05) is 13.2 Å². The molecule has 1 N–H and O–H groups in total. The lowest BCUT2D eigenvalue weighted by atomic mass is 10.1. The van der Waals surface area contributed by atoms with Crippen LogP contribution >= 0.6 is 0 Å². The Labute approximate surface area is 123 Å². The van der Waals surface area contributed by atoms with Gasteiger partial charge in [-0.05, 0) is 49.7 Å². The molecule has 0 fully saturated rings. The maximum Gasteiger partial charge on any atom is 0.251 e. The highest BCUT2D eigenvalue weighted by atomic mass is 19.1. The molecule has 0 spiro atoms. The molecule has 2 rings (SSSR count). The van der Waals surface area contributed by atoms with Gasteiger partial charge in [-0.1, -0.05) is 17.7 Å². The molecule has 0 aliphatic carbocycles. The Morgan fingerprint density at radius 1 is 1.14 bits per heavy atom. The number of benzene rings is 2. The molecule has 110 valence electrons. The zero-order chi connectivity index (χ0) is 15.2. The van der Waals surface area contributed by atoms with E-state index in [1.807, 2.05) is 32.0 Å². The Morgan fingerprint density at radius 2 is 1.86 bits per heavy atom. The number of nitrogens with one attached hydrogen (secondary N) is 1. The quantitative estimate of drug-likeness (QED) is 0.857. The van der Waals surface area contributed by atoms with E-state index in [0.29, 0.717) is 18.7 Å². The van der Waals surface area contributed by atoms with Crippen molar-refractivity contribution in [1.82, 2.24) is 5.32 Å². The summed E-state index contributed by atoms with van der Waals surface area (Å²) in [5.74, 6) is 0.223. The van der Waals surface area contributed by atoms with Crippen LogP contribution in [0.2, 0.25) is 0 Å². The number of rotatable bonds is 5. The van der Waals surface area contributed by atoms with Crippen molar-refractivity contribution < 1.29 is 13.9 Å². The van der Waals surface area contributed by atoms with Crippen molar-refractivity contribution >= 4 is 5.91 Å². The lowest BCUT2D eigenvalue weighted by Crippen LogP contribution is -2.28. The fraction of sp³-hybridized carbons (Fsp3) is 0.235. The molecule has 0 saturated heterocycles. The third-order valence-corrected chi connectivity index (χ3v) is 3.08. The van der Waals surface area contributed by atoms with Crippen LogP contribution in [0.25, 0.3) is 0 Å². The summed E-state index contributed by atoms with van der Waals surface area (Å²) in [5.41, 5.74) is 2.69. The van der Waals surface area contributed by atoms with Crippen LogP contribution in [-0.2, 0) is 0 Å². The number of carbonyl (C=O) groups is 1. The first-order valence-electron chi connectivity index (χ1n) is 6.80. The SMILES string of the molecule is Cc1ccc(OCCNC(=O)c2ccc(F)cc2)c(C)c1. The van der Waals surface area contributed by atoms with Crippen molar-refractivity contribution in [1.29, 1.82) is 0 Å². The average Bonchev–Trinajstić information content (AvgIpc) is 2.46. The second-order valence-corrected chi connectivity index (χ2v) is 4.88. The third-order valence-electron chi connectivity index (χ3n) is 3.08. The van der Waals surface area contributed by atoms with E-state index in [-0.39, 0.29) is 11.7 Å². The largest absolute Gasteiger partial charge is 0.491 e. The Morgan fingerprint density at radius 3 is 2.52 bits per heavy atom. The number of ether oxygens (including phenoxy) is 1. The first kappa shape index (κ1) is 15.0. The molecule has 0 aliphatic rings. The summed E-state index contributed by atoms with van der Waals surface area (Å²) in [7, 11) is 0. The van der Waals surface area contributed by atoms with E-state index < -0.39 is 0 Å². The van der Waals surface area contributed by atoms with Crippen molar-refractivity contribution in [3.8, 4) is 5.75 Å². The number of amides is 1. The molecule has 0 bridgehead atoms. The molecule has 0 unspecified atom stereocenters. The van der Waals surface area contributed by atoms with Crippen molar-refractivity contribution in [3.05, 3.63) is 65.0 Å². The van der Waals surface area contributed by atoms with Crippen LogP contribution in [0.5, 0.6) is 5.75 Å². The van der Waals surface area contributed by atoms with Gasteiger partial charge in [0.1, 0.15) is 18.2 Å². The van der Waals surface area contributed by atoms with Gasteiger partial charge in [-0.25, -0.2) is 4.39 Å². The highest BCUT2D eigenvalue weighted by Gasteiger charge is 2.05. The van der Waals surface area contributed by atoms with E-state index in [1.54, 1.807) is 0 Å². The lowest BCUT2D eigenvalue weighted by molar-refractivity contribution is 0.0947. The topological polar surface area (TPSA) is 38.3 Å². The summed E-state index contributed by atoms with van der Waals surface area (Å²) in [6.07, 6.45) is 0. The van der Waals surface area contributed by atoms with Crippen molar-refractivity contribution in [2.45, 2.75) is 13.8 Å². The first-order valence-corrected chi connectivity index (χ1v) is 6.80. The molecule has 0 aromatic heterocycles. The predicted molar refractivity (Wildman–Crippen MR) is 80.1 cm³/mol. The van der Waals surface area contributed by atoms with Gasteiger partial charge >= 0.3 is 0 Å². The van der Waals surface area contributed by atoms with Gasteiger partial charge < -0.3 is 10.1 Å². The van der Waals surface area contributed by atoms with Crippen LogP contribution in [0, 0.1) is 19.7 Å². The normalized spacial score (nSPS) is 10.2. The van der Waals surface area contributed by atoms with Crippen LogP contribution in [-0.4, -0.2) is 19.1 Å². The molecule has 0 aliphatic heterocycles. The van der Waals surface area contributed by atoms with Crippen LogP contribution in [0.1, 0.15) is 21.5 Å². The fourth-order valence-corrected chi connectivity index (χ4v) is 1.99. The molecular weight excluding hydrogens is 269 g/mol. The molecule has 2 aromatic carbocycles. The van der Waals surface area contributed by atoms with E-state index >= 15 is 0 Å². The Hall–Kier alpha value is -2.36. The zero-order valence-electron chi connectivity index (χ0n) is 12.2. The summed E-state index contributed by atoms with van der Waals surface area (Å²) < 4.78 is 18.4. The van der Waals surface area contributed by atoms with Gasteiger partial charge in [-0.15, -0.1) is 0 Å². The molecule has 0 atom stereocenters. The van der Waals surface area contributed by atoms with Crippen molar-refractivity contribution in [3.63, 3.8) is 0 Å². The molecule has 21 heavy (non-hydrogen) atoms. The standard InChI is InChI=1S/C17H18FNO2/c1-12-3-8-16(13(2)11-12)21-10-9-19-17(20)14-4-6-15(18)7-5-14/h3-8,11H,9-10H2,1-2H3,(H,19,20). The molecule has 0 radical (unpaired) electrons. The predicted octanol–water partition coefficient (Wildman–Crippen LogP) is 3.25. The minimum Gasteiger partial charge on any atom is -0.491 e. The number of halogens is 1. The molecule has 2 aromatic rings. The molecular formula is C17H18FNO2. The van der Waals surface area contributed by atoms with E-state index in [1.165, 1.54) is 29.8 Å². The van der Waals surface area contributed by atoms with Crippen LogP contribution in [0.3, 0.4) is 0 Å². The van der Waals surface area contributed by atoms with Crippen LogP contribution in [0.15, 0.2) is 42.5 Å². The van der Waals surface area contributed by atoms with Gasteiger partial charge in [-0.2, -0.15) is 0 Å². The van der Waals surface area contributed by atoms with E-state index in [0.717, 1.165) is 11.3 Å². The number of hydrogen-bond donors (Lipinski definition) is 1. The summed E-state index contributed by atoms with van der Waals surface area (Å²) in [5, 5.41) is 2.73. The van der Waals surface area contributed by atoms with E-state index in [2.05, 4.69) is 5.32 Å². The zero-order valence-corrected chi connectivity index (χ0v) is 12.2. The summed E-state index contributed by atoms with van der Waals surface area (Å²) in [4.78, 5) is 11.8. The van der Waals surface area contributed by atoms with Crippen LogP contribution in [0.4, 0.5) is 4.39 Å². The summed E-state index contributed by atoms with van der Waals surface area (Å²) in [6.45, 7) is 4.79. The van der Waals surface area contributed by atoms with E-state index in [4.69, 9.17) is 4.74 Å². The molecule has 0 saturated carbocycles. The minimum atomic E-state index is -0.357. The summed E-state index contributed by atoms with van der Waals surface area (Å²) in [6, 6.07) is 11.4. The molecule has 1 amide bonds. The monoisotopic (exact) mass is 287 g/mol. The van der Waals surface area contributed by atoms with Gasteiger partial charge in [-0.3, -0.25) is 4.79 Å². The Balaban J connectivity index is 1.79. The van der Waals surface area contributed by atoms with Gasteiger partial charge in [0.15, 0.2) is 0 Å². The average molecular weight is 287 g/mol. The molecule has 3 nitrogen and oxygen atoms in total. The van der Waals surface area contributed by atoms with Gasteiger partial charge in [0.25, 0.3) is 5.91 Å². The highest BCUT2D eigenvalue weighted by molar-refractivity contribution is 5.94. The third kappa shape index (κ3) is 4.31. The van der Waals surface area contributed by atoms with Gasteiger partial charge in [0.05, 0.1) is 6.54 Å². The molecule has 4 heteroatoms.